The first-order chi connectivity index (χ1) is 13.7. The van der Waals surface area contributed by atoms with Crippen molar-refractivity contribution in [3.63, 3.8) is 0 Å². The van der Waals surface area contributed by atoms with Crippen molar-refractivity contribution in [1.29, 1.82) is 0 Å². The average Bonchev–Trinajstić information content (AvgIpc) is 2.71. The lowest BCUT2D eigenvalue weighted by atomic mass is 10.1. The highest BCUT2D eigenvalue weighted by Gasteiger charge is 2.19. The van der Waals surface area contributed by atoms with Gasteiger partial charge < -0.3 is 14.8 Å². The van der Waals surface area contributed by atoms with Gasteiger partial charge in [-0.15, -0.1) is 0 Å². The Morgan fingerprint density at radius 1 is 1.07 bits per heavy atom. The normalized spacial score (nSPS) is 11.0. The van der Waals surface area contributed by atoms with Gasteiger partial charge in [0.1, 0.15) is 17.1 Å². The van der Waals surface area contributed by atoms with Crippen molar-refractivity contribution in [2.75, 3.05) is 20.8 Å². The summed E-state index contributed by atoms with van der Waals surface area (Å²) in [6.45, 7) is 1.73. The lowest BCUT2D eigenvalue weighted by Gasteiger charge is -2.11. The van der Waals surface area contributed by atoms with Crippen molar-refractivity contribution in [3.8, 4) is 5.75 Å². The maximum Gasteiger partial charge on any atom is 0.341 e. The van der Waals surface area contributed by atoms with Crippen LogP contribution in [0.1, 0.15) is 33.2 Å². The molecule has 29 heavy (non-hydrogen) atoms. The molecule has 0 aliphatic rings. The highest BCUT2D eigenvalue weighted by atomic mass is 32.2. The minimum absolute atomic E-state index is 0.0313. The van der Waals surface area contributed by atoms with E-state index in [1.807, 2.05) is 0 Å². The first-order valence-corrected chi connectivity index (χ1v) is 10.0. The highest BCUT2D eigenvalue weighted by Crippen LogP contribution is 2.21. The van der Waals surface area contributed by atoms with Crippen molar-refractivity contribution < 1.29 is 31.9 Å². The molecule has 156 valence electrons. The van der Waals surface area contributed by atoms with E-state index in [0.29, 0.717) is 11.3 Å². The van der Waals surface area contributed by atoms with Gasteiger partial charge in [0, 0.05) is 13.1 Å². The second-order valence-corrected chi connectivity index (χ2v) is 7.62. The summed E-state index contributed by atoms with van der Waals surface area (Å²) in [5, 5.41) is 2.50. The molecule has 2 aromatic carbocycles. The van der Waals surface area contributed by atoms with E-state index >= 15 is 0 Å². The zero-order valence-electron chi connectivity index (χ0n) is 16.1. The van der Waals surface area contributed by atoms with Gasteiger partial charge in [-0.2, -0.15) is 0 Å². The van der Waals surface area contributed by atoms with E-state index in [-0.39, 0.29) is 23.5 Å². The Bertz CT molecular complexity index is 1020. The third-order valence-corrected chi connectivity index (χ3v) is 5.49. The summed E-state index contributed by atoms with van der Waals surface area (Å²) in [6, 6.07) is 7.61. The summed E-state index contributed by atoms with van der Waals surface area (Å²) < 4.78 is 50.3. The van der Waals surface area contributed by atoms with Crippen LogP contribution < -0.4 is 14.8 Å². The molecule has 10 heteroatoms. The quantitative estimate of drug-likeness (QED) is 0.626. The van der Waals surface area contributed by atoms with Crippen LogP contribution in [-0.2, 0) is 21.3 Å². The number of ether oxygens (including phenoxy) is 2. The van der Waals surface area contributed by atoms with Crippen molar-refractivity contribution in [2.45, 2.75) is 18.4 Å². The van der Waals surface area contributed by atoms with Gasteiger partial charge in [0.2, 0.25) is 10.0 Å². The maximum absolute atomic E-state index is 14.1. The topological polar surface area (TPSA) is 111 Å². The number of sulfonamides is 1. The molecular weight excluding hydrogens is 403 g/mol. The summed E-state index contributed by atoms with van der Waals surface area (Å²) in [6.07, 6.45) is 0. The number of carbonyl (C=O) groups is 2. The summed E-state index contributed by atoms with van der Waals surface area (Å²) in [4.78, 5) is 24.0. The molecule has 1 amide bonds. The van der Waals surface area contributed by atoms with Gasteiger partial charge in [0.15, 0.2) is 0 Å². The van der Waals surface area contributed by atoms with Gasteiger partial charge in [-0.05, 0) is 35.9 Å². The molecule has 0 aliphatic heterocycles. The van der Waals surface area contributed by atoms with Crippen LogP contribution in [0, 0.1) is 5.82 Å². The largest absolute Gasteiger partial charge is 0.496 e. The molecule has 0 heterocycles. The van der Waals surface area contributed by atoms with Crippen molar-refractivity contribution in [1.82, 2.24) is 10.0 Å². The van der Waals surface area contributed by atoms with E-state index in [9.17, 15) is 22.4 Å². The van der Waals surface area contributed by atoms with E-state index in [4.69, 9.17) is 9.47 Å². The summed E-state index contributed by atoms with van der Waals surface area (Å²) >= 11 is 0. The monoisotopic (exact) mass is 424 g/mol. The van der Waals surface area contributed by atoms with E-state index in [2.05, 4.69) is 10.0 Å². The molecule has 0 unspecified atom stereocenters. The van der Waals surface area contributed by atoms with E-state index in [1.54, 1.807) is 13.0 Å². The van der Waals surface area contributed by atoms with Crippen LogP contribution in [0.15, 0.2) is 41.3 Å². The minimum atomic E-state index is -3.84. The Balaban J connectivity index is 2.22. The van der Waals surface area contributed by atoms with Gasteiger partial charge in [-0.1, -0.05) is 13.0 Å². The molecule has 0 fully saturated rings. The van der Waals surface area contributed by atoms with Crippen LogP contribution >= 0.6 is 0 Å². The molecule has 2 aromatic rings. The molecule has 0 radical (unpaired) electrons. The van der Waals surface area contributed by atoms with Crippen LogP contribution in [-0.4, -0.2) is 41.1 Å². The first-order valence-electron chi connectivity index (χ1n) is 8.56. The smallest absolute Gasteiger partial charge is 0.341 e. The molecule has 8 nitrogen and oxygen atoms in total. The Morgan fingerprint density at radius 3 is 2.41 bits per heavy atom. The molecule has 0 aromatic heterocycles. The molecule has 0 saturated heterocycles. The van der Waals surface area contributed by atoms with E-state index in [0.717, 1.165) is 18.2 Å². The summed E-state index contributed by atoms with van der Waals surface area (Å²) in [5.74, 6) is -1.96. The second-order valence-electron chi connectivity index (χ2n) is 5.85. The number of halogens is 1. The van der Waals surface area contributed by atoms with E-state index < -0.39 is 33.3 Å². The van der Waals surface area contributed by atoms with Crippen molar-refractivity contribution in [3.05, 3.63) is 58.9 Å². The zero-order chi connectivity index (χ0) is 21.6. The number of rotatable bonds is 8. The number of carbonyl (C=O) groups excluding carboxylic acids is 2. The Labute approximate surface area is 168 Å². The van der Waals surface area contributed by atoms with Crippen LogP contribution in [0.25, 0.3) is 0 Å². The lowest BCUT2D eigenvalue weighted by molar-refractivity contribution is 0.0597. The number of methoxy groups -OCH3 is 2. The Morgan fingerprint density at radius 2 is 1.79 bits per heavy atom. The lowest BCUT2D eigenvalue weighted by Crippen LogP contribution is -2.26. The van der Waals surface area contributed by atoms with E-state index in [1.165, 1.54) is 26.4 Å². The average molecular weight is 424 g/mol. The number of hydrogen-bond donors (Lipinski definition) is 2. The predicted octanol–water partition coefficient (Wildman–Crippen LogP) is 1.85. The fraction of sp³-hybridized carbons (Fsp3) is 0.263. The maximum atomic E-state index is 14.1. The fourth-order valence-corrected chi connectivity index (χ4v) is 3.60. The molecule has 0 bridgehead atoms. The zero-order valence-corrected chi connectivity index (χ0v) is 16.9. The van der Waals surface area contributed by atoms with Crippen molar-refractivity contribution in [2.24, 2.45) is 0 Å². The molecule has 2 N–H and O–H groups in total. The number of benzene rings is 2. The number of hydrogen-bond acceptors (Lipinski definition) is 6. The highest BCUT2D eigenvalue weighted by molar-refractivity contribution is 7.89. The Kier molecular flexibility index (Phi) is 7.29. The van der Waals surface area contributed by atoms with Crippen LogP contribution in [0.5, 0.6) is 5.75 Å². The van der Waals surface area contributed by atoms with Gasteiger partial charge >= 0.3 is 5.97 Å². The number of esters is 1. The molecule has 0 atom stereocenters. The van der Waals surface area contributed by atoms with Gasteiger partial charge in [0.05, 0.1) is 24.7 Å². The van der Waals surface area contributed by atoms with Crippen molar-refractivity contribution >= 4 is 21.9 Å². The van der Waals surface area contributed by atoms with Gasteiger partial charge in [0.25, 0.3) is 5.91 Å². The summed E-state index contributed by atoms with van der Waals surface area (Å²) in [5.41, 5.74) is 0.300. The molecule has 2 rings (SSSR count). The molecule has 0 saturated carbocycles. The molecular formula is C19H21FN2O6S. The first kappa shape index (κ1) is 22.3. The van der Waals surface area contributed by atoms with Gasteiger partial charge in [-0.3, -0.25) is 4.79 Å². The minimum Gasteiger partial charge on any atom is -0.496 e. The SMILES string of the molecule is CCNS(=O)(=O)c1ccc(F)c(C(=O)NCc2ccc(OC)c(C(=O)OC)c2)c1. The predicted molar refractivity (Wildman–Crippen MR) is 103 cm³/mol. The summed E-state index contributed by atoms with van der Waals surface area (Å²) in [7, 11) is -1.21. The molecule has 0 aliphatic carbocycles. The number of amides is 1. The number of nitrogens with one attached hydrogen (secondary N) is 2. The third kappa shape index (κ3) is 5.30. The third-order valence-electron chi connectivity index (χ3n) is 3.95. The van der Waals surface area contributed by atoms with Gasteiger partial charge in [-0.25, -0.2) is 22.3 Å². The molecule has 0 spiro atoms. The second kappa shape index (κ2) is 9.48. The van der Waals surface area contributed by atoms with Crippen LogP contribution in [0.3, 0.4) is 0 Å². The van der Waals surface area contributed by atoms with Crippen LogP contribution in [0.2, 0.25) is 0 Å². The fourth-order valence-electron chi connectivity index (χ4n) is 2.53. The Hall–Kier alpha value is -2.98. The van der Waals surface area contributed by atoms with Crippen LogP contribution in [0.4, 0.5) is 4.39 Å². The standard InChI is InChI=1S/C19H21FN2O6S/c1-4-22-29(25,26)13-6-7-16(20)14(10-13)18(23)21-11-12-5-8-17(27-2)15(9-12)19(24)28-3/h5-10,22H,4,11H2,1-3H3,(H,21,23).